The van der Waals surface area contributed by atoms with Gasteiger partial charge in [-0.1, -0.05) is 13.8 Å². The Kier molecular flexibility index (Phi) is 6.62. The van der Waals surface area contributed by atoms with E-state index in [1.165, 1.54) is 17.0 Å². The first-order valence-corrected chi connectivity index (χ1v) is 10.2. The van der Waals surface area contributed by atoms with E-state index in [2.05, 4.69) is 0 Å². The molecule has 7 heteroatoms. The number of carbonyl (C=O) groups is 2. The fraction of sp³-hybridized carbons (Fsp3) is 0.391. The summed E-state index contributed by atoms with van der Waals surface area (Å²) in [5, 5.41) is 20.3. The Morgan fingerprint density at radius 1 is 1.07 bits per heavy atom. The van der Waals surface area contributed by atoms with E-state index in [4.69, 9.17) is 4.74 Å². The number of aromatic hydroxyl groups is 2. The Labute approximate surface area is 176 Å². The smallest absolute Gasteiger partial charge is 0.262 e. The summed E-state index contributed by atoms with van der Waals surface area (Å²) in [5.41, 5.74) is 1.91. The van der Waals surface area contributed by atoms with Crippen LogP contribution in [-0.2, 0) is 4.74 Å². The zero-order valence-corrected chi connectivity index (χ0v) is 17.6. The number of nitrogens with zero attached hydrogens (tertiary/aromatic N) is 2. The van der Waals surface area contributed by atoms with Crippen LogP contribution in [0.25, 0.3) is 0 Å². The van der Waals surface area contributed by atoms with E-state index in [1.807, 2.05) is 20.8 Å². The molecule has 3 rings (SSSR count). The van der Waals surface area contributed by atoms with Crippen LogP contribution < -0.4 is 4.90 Å². The number of morpholine rings is 1. The number of phenolic OH excluding ortho intramolecular Hbond substituents is 2. The van der Waals surface area contributed by atoms with Crippen molar-refractivity contribution in [1.29, 1.82) is 0 Å². The van der Waals surface area contributed by atoms with Gasteiger partial charge in [0, 0.05) is 37.0 Å². The van der Waals surface area contributed by atoms with Gasteiger partial charge in [0.1, 0.15) is 11.5 Å². The molecule has 2 aromatic carbocycles. The molecule has 1 aliphatic rings. The van der Waals surface area contributed by atoms with Crippen molar-refractivity contribution in [3.8, 4) is 11.5 Å². The molecule has 1 saturated heterocycles. The van der Waals surface area contributed by atoms with Crippen molar-refractivity contribution in [3.05, 3.63) is 53.1 Å². The number of hydrogen-bond acceptors (Lipinski definition) is 5. The summed E-state index contributed by atoms with van der Waals surface area (Å²) >= 11 is 0. The van der Waals surface area contributed by atoms with Gasteiger partial charge in [0.25, 0.3) is 11.8 Å². The predicted octanol–water partition coefficient (Wildman–Crippen LogP) is 3.36. The molecule has 0 saturated carbocycles. The Balaban J connectivity index is 1.84. The van der Waals surface area contributed by atoms with E-state index in [9.17, 15) is 19.8 Å². The third-order valence-corrected chi connectivity index (χ3v) is 5.28. The maximum absolute atomic E-state index is 13.1. The van der Waals surface area contributed by atoms with Crippen LogP contribution in [0.3, 0.4) is 0 Å². The second-order valence-corrected chi connectivity index (χ2v) is 7.58. The van der Waals surface area contributed by atoms with Gasteiger partial charge in [0.2, 0.25) is 0 Å². The highest BCUT2D eigenvalue weighted by atomic mass is 16.5. The number of benzene rings is 2. The van der Waals surface area contributed by atoms with Crippen LogP contribution in [0.15, 0.2) is 36.4 Å². The third-order valence-electron chi connectivity index (χ3n) is 5.28. The second-order valence-electron chi connectivity index (χ2n) is 7.58. The molecule has 0 radical (unpaired) electrons. The van der Waals surface area contributed by atoms with Crippen LogP contribution >= 0.6 is 0 Å². The topological polar surface area (TPSA) is 90.3 Å². The molecule has 160 valence electrons. The zero-order chi connectivity index (χ0) is 21.8. The minimum Gasteiger partial charge on any atom is -0.508 e. The lowest BCUT2D eigenvalue weighted by Gasteiger charge is -2.27. The number of rotatable bonds is 5. The third kappa shape index (κ3) is 4.41. The lowest BCUT2D eigenvalue weighted by Crippen LogP contribution is -2.40. The molecule has 0 spiro atoms. The zero-order valence-electron chi connectivity index (χ0n) is 17.6. The summed E-state index contributed by atoms with van der Waals surface area (Å²) in [5.74, 6) is -0.730. The molecule has 1 aliphatic heterocycles. The minimum atomic E-state index is -0.371. The highest BCUT2D eigenvalue weighted by Gasteiger charge is 2.23. The van der Waals surface area contributed by atoms with Gasteiger partial charge in [-0.25, -0.2) is 0 Å². The molecule has 30 heavy (non-hydrogen) atoms. The standard InChI is InChI=1S/C23H28N2O5/c1-4-25(23(29)19-13-18(15(2)3)20(26)14-21(19)27)17-7-5-16(6-8-17)22(28)24-9-11-30-12-10-24/h5-8,13-15,26-27H,4,9-12H2,1-3H3. The van der Waals surface area contributed by atoms with Gasteiger partial charge in [-0.2, -0.15) is 0 Å². The van der Waals surface area contributed by atoms with Gasteiger partial charge >= 0.3 is 0 Å². The first-order chi connectivity index (χ1) is 14.3. The first-order valence-electron chi connectivity index (χ1n) is 10.2. The number of anilines is 1. The van der Waals surface area contributed by atoms with Crippen LogP contribution in [-0.4, -0.2) is 59.8 Å². The number of phenols is 2. The largest absolute Gasteiger partial charge is 0.508 e. The van der Waals surface area contributed by atoms with E-state index >= 15 is 0 Å². The second kappa shape index (κ2) is 9.17. The molecular weight excluding hydrogens is 384 g/mol. The normalized spacial score (nSPS) is 14.1. The molecule has 0 atom stereocenters. The Morgan fingerprint density at radius 2 is 1.70 bits per heavy atom. The van der Waals surface area contributed by atoms with Crippen LogP contribution in [0, 0.1) is 0 Å². The van der Waals surface area contributed by atoms with Gasteiger partial charge in [-0.05, 0) is 48.7 Å². The summed E-state index contributed by atoms with van der Waals surface area (Å²) in [6.07, 6.45) is 0. The van der Waals surface area contributed by atoms with E-state index in [0.29, 0.717) is 49.7 Å². The maximum Gasteiger partial charge on any atom is 0.262 e. The maximum atomic E-state index is 13.1. The van der Waals surface area contributed by atoms with Crippen molar-refractivity contribution in [2.24, 2.45) is 0 Å². The summed E-state index contributed by atoms with van der Waals surface area (Å²) < 4.78 is 5.29. The lowest BCUT2D eigenvalue weighted by molar-refractivity contribution is 0.0303. The average molecular weight is 412 g/mol. The molecule has 0 unspecified atom stereocenters. The molecule has 1 fully saturated rings. The number of hydrogen-bond donors (Lipinski definition) is 2. The molecule has 2 aromatic rings. The Hall–Kier alpha value is -3.06. The monoisotopic (exact) mass is 412 g/mol. The Morgan fingerprint density at radius 3 is 2.27 bits per heavy atom. The Bertz CT molecular complexity index is 918. The number of carbonyl (C=O) groups excluding carboxylic acids is 2. The van der Waals surface area contributed by atoms with Crippen molar-refractivity contribution in [3.63, 3.8) is 0 Å². The van der Waals surface area contributed by atoms with Crippen molar-refractivity contribution in [1.82, 2.24) is 4.90 Å². The van der Waals surface area contributed by atoms with Gasteiger partial charge < -0.3 is 24.7 Å². The van der Waals surface area contributed by atoms with Gasteiger partial charge in [-0.3, -0.25) is 9.59 Å². The fourth-order valence-corrected chi connectivity index (χ4v) is 3.55. The van der Waals surface area contributed by atoms with Crippen LogP contribution in [0.5, 0.6) is 11.5 Å². The number of ether oxygens (including phenoxy) is 1. The highest BCUT2D eigenvalue weighted by Crippen LogP contribution is 2.33. The molecule has 2 amide bonds. The van der Waals surface area contributed by atoms with Gasteiger partial charge in [0.05, 0.1) is 18.8 Å². The lowest BCUT2D eigenvalue weighted by atomic mass is 9.98. The highest BCUT2D eigenvalue weighted by molar-refractivity contribution is 6.08. The SMILES string of the molecule is CCN(C(=O)c1cc(C(C)C)c(O)cc1O)c1ccc(C(=O)N2CCOCC2)cc1. The molecule has 2 N–H and O–H groups in total. The molecule has 0 bridgehead atoms. The van der Waals surface area contributed by atoms with Crippen LogP contribution in [0.2, 0.25) is 0 Å². The van der Waals surface area contributed by atoms with Crippen molar-refractivity contribution < 1.29 is 24.5 Å². The first kappa shape index (κ1) is 21.6. The van der Waals surface area contributed by atoms with E-state index in [1.54, 1.807) is 29.2 Å². The van der Waals surface area contributed by atoms with Crippen molar-refractivity contribution in [2.75, 3.05) is 37.7 Å². The molecule has 0 aliphatic carbocycles. The summed E-state index contributed by atoms with van der Waals surface area (Å²) in [4.78, 5) is 29.0. The molecular formula is C23H28N2O5. The molecule has 1 heterocycles. The molecule has 0 aromatic heterocycles. The summed E-state index contributed by atoms with van der Waals surface area (Å²) in [6.45, 7) is 8.24. The van der Waals surface area contributed by atoms with Gasteiger partial charge in [-0.15, -0.1) is 0 Å². The average Bonchev–Trinajstić information content (AvgIpc) is 2.74. The fourth-order valence-electron chi connectivity index (χ4n) is 3.55. The quantitative estimate of drug-likeness (QED) is 0.786. The van der Waals surface area contributed by atoms with Crippen molar-refractivity contribution in [2.45, 2.75) is 26.7 Å². The van der Waals surface area contributed by atoms with Gasteiger partial charge in [0.15, 0.2) is 0 Å². The van der Waals surface area contributed by atoms with E-state index in [0.717, 1.165) is 0 Å². The van der Waals surface area contributed by atoms with E-state index < -0.39 is 0 Å². The van der Waals surface area contributed by atoms with Crippen LogP contribution in [0.1, 0.15) is 53.0 Å². The number of amides is 2. The van der Waals surface area contributed by atoms with Crippen LogP contribution in [0.4, 0.5) is 5.69 Å². The van der Waals surface area contributed by atoms with E-state index in [-0.39, 0.29) is 34.8 Å². The summed E-state index contributed by atoms with van der Waals surface area (Å²) in [6, 6.07) is 9.63. The minimum absolute atomic E-state index is 0.00212. The summed E-state index contributed by atoms with van der Waals surface area (Å²) in [7, 11) is 0. The molecule has 7 nitrogen and oxygen atoms in total. The predicted molar refractivity (Wildman–Crippen MR) is 114 cm³/mol. The van der Waals surface area contributed by atoms with Crippen molar-refractivity contribution >= 4 is 17.5 Å².